The van der Waals surface area contributed by atoms with Gasteiger partial charge in [-0.15, -0.1) is 0 Å². The highest BCUT2D eigenvalue weighted by molar-refractivity contribution is 6.30. The summed E-state index contributed by atoms with van der Waals surface area (Å²) in [5, 5.41) is 0.653. The van der Waals surface area contributed by atoms with Crippen LogP contribution in [0.5, 0.6) is 5.75 Å². The van der Waals surface area contributed by atoms with Crippen LogP contribution in [0.25, 0.3) is 0 Å². The first-order chi connectivity index (χ1) is 11.4. The topological polar surface area (TPSA) is 60.2 Å². The number of nitrogen functional groups attached to an aromatic ring is 1. The Morgan fingerprint density at radius 2 is 1.96 bits per heavy atom. The fourth-order valence-corrected chi connectivity index (χ4v) is 2.82. The van der Waals surface area contributed by atoms with Crippen molar-refractivity contribution in [2.75, 3.05) is 12.0 Å². The van der Waals surface area contributed by atoms with Gasteiger partial charge in [-0.3, -0.25) is 0 Å². The van der Waals surface area contributed by atoms with Crippen molar-refractivity contribution in [3.63, 3.8) is 0 Å². The van der Waals surface area contributed by atoms with Crippen molar-refractivity contribution in [2.24, 2.45) is 11.8 Å². The number of hydrogen-bond acceptors (Lipinski definition) is 4. The number of ether oxygens (including phenoxy) is 1. The number of alkyl halides is 3. The number of hydrazine groups is 1. The fraction of sp³-hybridized carbons (Fsp3) is 0.312. The Morgan fingerprint density at radius 3 is 2.58 bits per heavy atom. The number of benzene rings is 1. The van der Waals surface area contributed by atoms with Crippen molar-refractivity contribution in [1.82, 2.24) is 4.98 Å². The number of aromatic nitrogens is 1. The van der Waals surface area contributed by atoms with E-state index in [9.17, 15) is 13.2 Å². The number of anilines is 1. The highest BCUT2D eigenvalue weighted by Gasteiger charge is 2.41. The molecule has 3 N–H and O–H groups in total. The second kappa shape index (κ2) is 6.49. The molecule has 0 radical (unpaired) electrons. The SMILES string of the molecule is NNc1nccc(OCC2CC2c2ccc(Cl)cc2)c1C(F)(F)F. The van der Waals surface area contributed by atoms with E-state index in [0.717, 1.165) is 12.0 Å². The fourth-order valence-electron chi connectivity index (χ4n) is 2.69. The van der Waals surface area contributed by atoms with E-state index >= 15 is 0 Å². The molecule has 0 spiro atoms. The number of halogens is 4. The van der Waals surface area contributed by atoms with Crippen molar-refractivity contribution < 1.29 is 17.9 Å². The summed E-state index contributed by atoms with van der Waals surface area (Å²) in [6.07, 6.45) is -2.51. The largest absolute Gasteiger partial charge is 0.492 e. The third-order valence-corrected chi connectivity index (χ3v) is 4.26. The summed E-state index contributed by atoms with van der Waals surface area (Å²) in [7, 11) is 0. The third kappa shape index (κ3) is 3.57. The molecule has 0 bridgehead atoms. The zero-order chi connectivity index (χ0) is 17.3. The lowest BCUT2D eigenvalue weighted by molar-refractivity contribution is -0.138. The van der Waals surface area contributed by atoms with Gasteiger partial charge in [0.05, 0.1) is 6.61 Å². The molecule has 0 aliphatic heterocycles. The zero-order valence-corrected chi connectivity index (χ0v) is 13.2. The summed E-state index contributed by atoms with van der Waals surface area (Å²) in [5.41, 5.74) is 2.09. The Balaban J connectivity index is 1.69. The summed E-state index contributed by atoms with van der Waals surface area (Å²) in [4.78, 5) is 3.59. The predicted molar refractivity (Wildman–Crippen MR) is 84.8 cm³/mol. The normalized spacial score (nSPS) is 19.9. The molecule has 1 aromatic heterocycles. The molecule has 1 fully saturated rings. The van der Waals surface area contributed by atoms with Gasteiger partial charge in [0, 0.05) is 17.1 Å². The van der Waals surface area contributed by atoms with Crippen LogP contribution >= 0.6 is 11.6 Å². The molecule has 2 unspecified atom stereocenters. The second-order valence-electron chi connectivity index (χ2n) is 5.64. The maximum Gasteiger partial charge on any atom is 0.423 e. The van der Waals surface area contributed by atoms with Crippen LogP contribution in [-0.4, -0.2) is 11.6 Å². The number of hydrogen-bond donors (Lipinski definition) is 2. The standard InChI is InChI=1S/C16H15ClF3N3O/c17-11-3-1-9(2-4-11)12-7-10(12)8-24-13-5-6-22-15(23-21)14(13)16(18,19)20/h1-6,10,12H,7-8,21H2,(H,22,23). The van der Waals surface area contributed by atoms with Crippen LogP contribution in [0.1, 0.15) is 23.5 Å². The van der Waals surface area contributed by atoms with Gasteiger partial charge in [-0.2, -0.15) is 13.2 Å². The number of nitrogens with zero attached hydrogens (tertiary/aromatic N) is 1. The van der Waals surface area contributed by atoms with E-state index in [4.69, 9.17) is 22.2 Å². The van der Waals surface area contributed by atoms with Crippen molar-refractivity contribution in [3.8, 4) is 5.75 Å². The molecule has 2 aromatic rings. The lowest BCUT2D eigenvalue weighted by Gasteiger charge is -2.16. The summed E-state index contributed by atoms with van der Waals surface area (Å²) >= 11 is 5.85. The van der Waals surface area contributed by atoms with E-state index in [0.29, 0.717) is 5.02 Å². The molecule has 1 saturated carbocycles. The molecule has 2 atom stereocenters. The summed E-state index contributed by atoms with van der Waals surface area (Å²) in [6.45, 7) is 0.199. The minimum Gasteiger partial charge on any atom is -0.492 e. The first-order valence-corrected chi connectivity index (χ1v) is 7.69. The minimum atomic E-state index is -4.61. The Labute approximate surface area is 141 Å². The number of pyridine rings is 1. The van der Waals surface area contributed by atoms with E-state index in [1.807, 2.05) is 17.6 Å². The van der Waals surface area contributed by atoms with Crippen molar-refractivity contribution in [3.05, 3.63) is 52.7 Å². The molecule has 4 nitrogen and oxygen atoms in total. The van der Waals surface area contributed by atoms with E-state index in [2.05, 4.69) is 4.98 Å². The average molecular weight is 358 g/mol. The van der Waals surface area contributed by atoms with Gasteiger partial charge in [-0.25, -0.2) is 10.8 Å². The van der Waals surface area contributed by atoms with Gasteiger partial charge >= 0.3 is 6.18 Å². The van der Waals surface area contributed by atoms with Gasteiger partial charge in [0.2, 0.25) is 0 Å². The van der Waals surface area contributed by atoms with Crippen LogP contribution in [0, 0.1) is 5.92 Å². The lowest BCUT2D eigenvalue weighted by atomic mass is 10.1. The molecule has 1 heterocycles. The van der Waals surface area contributed by atoms with Gasteiger partial charge in [0.25, 0.3) is 0 Å². The lowest BCUT2D eigenvalue weighted by Crippen LogP contribution is -2.18. The van der Waals surface area contributed by atoms with Gasteiger partial charge in [-0.1, -0.05) is 23.7 Å². The van der Waals surface area contributed by atoms with Crippen molar-refractivity contribution in [1.29, 1.82) is 0 Å². The molecule has 3 rings (SSSR count). The predicted octanol–water partition coefficient (Wildman–Crippen LogP) is 4.22. The molecule has 8 heteroatoms. The van der Waals surface area contributed by atoms with Gasteiger partial charge in [-0.05, 0) is 36.1 Å². The Hall–Kier alpha value is -1.99. The Kier molecular flexibility index (Phi) is 4.56. The Morgan fingerprint density at radius 1 is 1.25 bits per heavy atom. The first kappa shape index (κ1) is 16.9. The van der Waals surface area contributed by atoms with Crippen LogP contribution in [0.15, 0.2) is 36.5 Å². The van der Waals surface area contributed by atoms with Gasteiger partial charge in [0.1, 0.15) is 11.3 Å². The highest BCUT2D eigenvalue weighted by atomic mass is 35.5. The van der Waals surface area contributed by atoms with Crippen LogP contribution < -0.4 is 16.0 Å². The molecular weight excluding hydrogens is 343 g/mol. The van der Waals surface area contributed by atoms with Crippen LogP contribution in [0.2, 0.25) is 5.02 Å². The van der Waals surface area contributed by atoms with E-state index in [-0.39, 0.29) is 24.2 Å². The molecule has 0 amide bonds. The van der Waals surface area contributed by atoms with Crippen molar-refractivity contribution >= 4 is 17.4 Å². The summed E-state index contributed by atoms with van der Waals surface area (Å²) in [5.74, 6) is 4.85. The highest BCUT2D eigenvalue weighted by Crippen LogP contribution is 2.48. The molecule has 24 heavy (non-hydrogen) atoms. The van der Waals surface area contributed by atoms with E-state index in [1.165, 1.54) is 12.3 Å². The number of nitrogens with one attached hydrogen (secondary N) is 1. The number of rotatable bonds is 5. The van der Waals surface area contributed by atoms with Crippen molar-refractivity contribution in [2.45, 2.75) is 18.5 Å². The zero-order valence-electron chi connectivity index (χ0n) is 12.5. The molecular formula is C16H15ClF3N3O. The monoisotopic (exact) mass is 357 g/mol. The summed E-state index contributed by atoms with van der Waals surface area (Å²) in [6, 6.07) is 8.66. The van der Waals surface area contributed by atoms with Crippen LogP contribution in [-0.2, 0) is 6.18 Å². The van der Waals surface area contributed by atoms with Gasteiger partial charge in [0.15, 0.2) is 5.82 Å². The van der Waals surface area contributed by atoms with E-state index in [1.54, 1.807) is 12.1 Å². The quantitative estimate of drug-likeness (QED) is 0.621. The third-order valence-electron chi connectivity index (χ3n) is 4.01. The first-order valence-electron chi connectivity index (χ1n) is 7.31. The smallest absolute Gasteiger partial charge is 0.423 e. The maximum absolute atomic E-state index is 13.2. The second-order valence-corrected chi connectivity index (χ2v) is 6.08. The number of nitrogens with two attached hydrogens (primary N) is 1. The van der Waals surface area contributed by atoms with E-state index < -0.39 is 17.6 Å². The Bertz CT molecular complexity index is 721. The average Bonchev–Trinajstić information content (AvgIpc) is 3.32. The molecule has 128 valence electrons. The van der Waals surface area contributed by atoms with Crippen LogP contribution in [0.4, 0.5) is 19.0 Å². The van der Waals surface area contributed by atoms with Crippen LogP contribution in [0.3, 0.4) is 0 Å². The molecule has 1 aromatic carbocycles. The minimum absolute atomic E-state index is 0.176. The van der Waals surface area contributed by atoms with Gasteiger partial charge < -0.3 is 10.2 Å². The molecule has 0 saturated heterocycles. The summed E-state index contributed by atoms with van der Waals surface area (Å²) < 4.78 is 45.0. The molecule has 1 aliphatic carbocycles. The molecule has 1 aliphatic rings. The maximum atomic E-state index is 13.2.